The van der Waals surface area contributed by atoms with Crippen LogP contribution in [0.15, 0.2) is 82.6 Å². The minimum absolute atomic E-state index is 0.0440. The molecular weight excluding hydrogens is 490 g/mol. The third kappa shape index (κ3) is 5.92. The molecule has 0 bridgehead atoms. The molecule has 0 atom stereocenters. The van der Waals surface area contributed by atoms with Crippen molar-refractivity contribution in [2.45, 2.75) is 36.7 Å². The van der Waals surface area contributed by atoms with Crippen molar-refractivity contribution in [3.63, 3.8) is 0 Å². The summed E-state index contributed by atoms with van der Waals surface area (Å²) < 4.78 is 33.6. The van der Waals surface area contributed by atoms with Gasteiger partial charge >= 0.3 is 0 Å². The molecule has 0 saturated heterocycles. The fourth-order valence-corrected chi connectivity index (χ4v) is 5.17. The number of nitrogens with two attached hydrogens (primary N) is 1. The highest BCUT2D eigenvalue weighted by Gasteiger charge is 2.30. The summed E-state index contributed by atoms with van der Waals surface area (Å²) in [6.45, 7) is 3.83. The van der Waals surface area contributed by atoms with Gasteiger partial charge in [-0.15, -0.1) is 0 Å². The second-order valence-corrected chi connectivity index (χ2v) is 10.5. The van der Waals surface area contributed by atoms with Crippen molar-refractivity contribution >= 4 is 33.1 Å². The van der Waals surface area contributed by atoms with Gasteiger partial charge in [0.2, 0.25) is 15.7 Å². The van der Waals surface area contributed by atoms with Crippen LogP contribution in [-0.4, -0.2) is 31.2 Å². The van der Waals surface area contributed by atoms with Crippen LogP contribution in [0.4, 0.5) is 17.3 Å². The van der Waals surface area contributed by atoms with Crippen LogP contribution in [-0.2, 0) is 27.7 Å². The summed E-state index contributed by atoms with van der Waals surface area (Å²) in [6.07, 6.45) is 0. The number of hydrogen-bond acceptors (Lipinski definition) is 7. The topological polar surface area (TPSA) is 128 Å². The molecule has 0 aliphatic carbocycles. The van der Waals surface area contributed by atoms with Gasteiger partial charge < -0.3 is 21.1 Å². The van der Waals surface area contributed by atoms with E-state index in [-0.39, 0.29) is 40.4 Å². The smallest absolute Gasteiger partial charge is 0.242 e. The molecule has 0 saturated carbocycles. The number of sulfone groups is 1. The molecule has 0 aliphatic heterocycles. The summed E-state index contributed by atoms with van der Waals surface area (Å²) in [5, 5.41) is 10.2. The summed E-state index contributed by atoms with van der Waals surface area (Å²) in [5.41, 5.74) is 9.78. The molecule has 1 aromatic heterocycles. The molecule has 3 aromatic carbocycles. The van der Waals surface area contributed by atoms with Crippen LogP contribution in [0.25, 0.3) is 0 Å². The van der Waals surface area contributed by atoms with Gasteiger partial charge in [0.15, 0.2) is 10.7 Å². The first-order valence-electron chi connectivity index (χ1n) is 11.6. The van der Waals surface area contributed by atoms with E-state index in [0.29, 0.717) is 11.4 Å². The molecule has 4 N–H and O–H groups in total. The van der Waals surface area contributed by atoms with E-state index in [0.717, 1.165) is 16.7 Å². The number of carbonyl (C=O) groups excluding carboxylic acids is 1. The van der Waals surface area contributed by atoms with Crippen LogP contribution < -0.4 is 21.1 Å². The number of amides is 1. The van der Waals surface area contributed by atoms with Crippen molar-refractivity contribution in [3.05, 3.63) is 89.5 Å². The second kappa shape index (κ2) is 10.8. The lowest BCUT2D eigenvalue weighted by Crippen LogP contribution is -2.28. The Morgan fingerprint density at radius 1 is 1.00 bits per heavy atom. The van der Waals surface area contributed by atoms with E-state index < -0.39 is 9.84 Å². The lowest BCUT2D eigenvalue weighted by molar-refractivity contribution is -0.122. The van der Waals surface area contributed by atoms with Crippen molar-refractivity contribution in [2.75, 3.05) is 18.2 Å². The van der Waals surface area contributed by atoms with Crippen LogP contribution in [0, 0.1) is 13.8 Å². The SMILES string of the molecule is COc1cccc(CNC(=O)Cn2nc(Nc3ccc(C)cc3)c(S(=O)(=O)c3ccc(C)cc3)c2N)c1. The van der Waals surface area contributed by atoms with E-state index in [1.807, 2.05) is 62.4 Å². The highest BCUT2D eigenvalue weighted by molar-refractivity contribution is 7.91. The number of benzene rings is 3. The summed E-state index contributed by atoms with van der Waals surface area (Å²) >= 11 is 0. The van der Waals surface area contributed by atoms with Crippen molar-refractivity contribution in [1.29, 1.82) is 0 Å². The normalized spacial score (nSPS) is 11.2. The molecule has 0 spiro atoms. The zero-order chi connectivity index (χ0) is 26.6. The third-order valence-corrected chi connectivity index (χ3v) is 7.61. The minimum atomic E-state index is -4.04. The lowest BCUT2D eigenvalue weighted by atomic mass is 10.2. The second-order valence-electron chi connectivity index (χ2n) is 8.66. The number of nitrogen functional groups attached to an aromatic ring is 1. The first-order chi connectivity index (χ1) is 17.7. The van der Waals surface area contributed by atoms with Gasteiger partial charge in [0.05, 0.1) is 12.0 Å². The molecule has 37 heavy (non-hydrogen) atoms. The molecule has 1 heterocycles. The van der Waals surface area contributed by atoms with E-state index in [9.17, 15) is 13.2 Å². The molecule has 0 unspecified atom stereocenters. The molecule has 4 rings (SSSR count). The number of aryl methyl sites for hydroxylation is 2. The summed E-state index contributed by atoms with van der Waals surface area (Å²) in [5.74, 6) is 0.216. The summed E-state index contributed by atoms with van der Waals surface area (Å²) in [7, 11) is -2.47. The number of nitrogens with one attached hydrogen (secondary N) is 2. The fourth-order valence-electron chi connectivity index (χ4n) is 3.71. The maximum Gasteiger partial charge on any atom is 0.242 e. The monoisotopic (exact) mass is 519 g/mol. The fraction of sp³-hybridized carbons (Fsp3) is 0.185. The molecule has 4 aromatic rings. The van der Waals surface area contributed by atoms with Gasteiger partial charge in [-0.2, -0.15) is 5.10 Å². The number of rotatable bonds is 9. The van der Waals surface area contributed by atoms with Crippen molar-refractivity contribution in [2.24, 2.45) is 0 Å². The lowest BCUT2D eigenvalue weighted by Gasteiger charge is -2.09. The van der Waals surface area contributed by atoms with Gasteiger partial charge in [-0.25, -0.2) is 13.1 Å². The molecule has 9 nitrogen and oxygen atoms in total. The Morgan fingerprint density at radius 3 is 2.30 bits per heavy atom. The largest absolute Gasteiger partial charge is 0.497 e. The molecule has 0 radical (unpaired) electrons. The van der Waals surface area contributed by atoms with Crippen LogP contribution in [0.2, 0.25) is 0 Å². The predicted molar refractivity (Wildman–Crippen MR) is 143 cm³/mol. The summed E-state index contributed by atoms with van der Waals surface area (Å²) in [6, 6.07) is 21.2. The predicted octanol–water partition coefficient (Wildman–Crippen LogP) is 3.98. The first kappa shape index (κ1) is 25.8. The van der Waals surface area contributed by atoms with Crippen LogP contribution in [0.1, 0.15) is 16.7 Å². The van der Waals surface area contributed by atoms with Gasteiger partial charge in [0.1, 0.15) is 18.1 Å². The van der Waals surface area contributed by atoms with Crippen LogP contribution in [0.3, 0.4) is 0 Å². The van der Waals surface area contributed by atoms with Gasteiger partial charge in [-0.3, -0.25) is 4.79 Å². The Morgan fingerprint density at radius 2 is 1.65 bits per heavy atom. The Balaban J connectivity index is 1.64. The molecular formula is C27H29N5O4S. The molecule has 10 heteroatoms. The number of hydrogen-bond donors (Lipinski definition) is 3. The molecule has 0 fully saturated rings. The Hall–Kier alpha value is -4.31. The molecule has 192 valence electrons. The van der Waals surface area contributed by atoms with Gasteiger partial charge in [-0.1, -0.05) is 47.5 Å². The Bertz CT molecular complexity index is 1510. The van der Waals surface area contributed by atoms with E-state index in [1.54, 1.807) is 19.2 Å². The van der Waals surface area contributed by atoms with Gasteiger partial charge in [-0.05, 0) is 55.8 Å². The Labute approximate surface area is 216 Å². The van der Waals surface area contributed by atoms with Crippen LogP contribution in [0.5, 0.6) is 5.75 Å². The first-order valence-corrected chi connectivity index (χ1v) is 13.1. The van der Waals surface area contributed by atoms with Crippen LogP contribution >= 0.6 is 0 Å². The molecule has 1 amide bonds. The zero-order valence-electron chi connectivity index (χ0n) is 20.9. The quantitative estimate of drug-likeness (QED) is 0.305. The highest BCUT2D eigenvalue weighted by Crippen LogP contribution is 2.34. The van der Waals surface area contributed by atoms with E-state index >= 15 is 0 Å². The number of nitrogens with zero attached hydrogens (tertiary/aromatic N) is 2. The van der Waals surface area contributed by atoms with E-state index in [4.69, 9.17) is 10.5 Å². The van der Waals surface area contributed by atoms with E-state index in [2.05, 4.69) is 15.7 Å². The maximum absolute atomic E-state index is 13.6. The standard InChI is InChI=1S/C27H29N5O4S/c1-18-7-11-21(12-8-18)30-27-25(37(34,35)23-13-9-19(2)10-14-23)26(28)32(31-27)17-24(33)29-16-20-5-4-6-22(15-20)36-3/h4-15H,16-17,28H2,1-3H3,(H,29,33)(H,30,31). The Kier molecular flexibility index (Phi) is 7.49. The van der Waals surface area contributed by atoms with Gasteiger partial charge in [0, 0.05) is 12.2 Å². The number of methoxy groups -OCH3 is 1. The van der Waals surface area contributed by atoms with Crippen molar-refractivity contribution in [3.8, 4) is 5.75 Å². The number of ether oxygens (including phenoxy) is 1. The molecule has 0 aliphatic rings. The zero-order valence-corrected chi connectivity index (χ0v) is 21.7. The maximum atomic E-state index is 13.6. The number of aromatic nitrogens is 2. The van der Waals surface area contributed by atoms with Crippen molar-refractivity contribution in [1.82, 2.24) is 15.1 Å². The minimum Gasteiger partial charge on any atom is -0.497 e. The number of anilines is 3. The highest BCUT2D eigenvalue weighted by atomic mass is 32.2. The van der Waals surface area contributed by atoms with E-state index in [1.165, 1.54) is 16.8 Å². The average molecular weight is 520 g/mol. The van der Waals surface area contributed by atoms with Crippen molar-refractivity contribution < 1.29 is 17.9 Å². The van der Waals surface area contributed by atoms with Gasteiger partial charge in [0.25, 0.3) is 0 Å². The average Bonchev–Trinajstić information content (AvgIpc) is 3.19. The number of carbonyl (C=O) groups is 1. The third-order valence-electron chi connectivity index (χ3n) is 5.78. The summed E-state index contributed by atoms with van der Waals surface area (Å²) in [4.78, 5) is 12.6.